The Hall–Kier alpha value is -2.80. The number of hydrogen-bond acceptors (Lipinski definition) is 6. The van der Waals surface area contributed by atoms with Crippen molar-refractivity contribution in [2.75, 3.05) is 32.2 Å². The molecule has 0 unspecified atom stereocenters. The van der Waals surface area contributed by atoms with E-state index in [9.17, 15) is 8.42 Å². The number of aryl methyl sites for hydroxylation is 1. The summed E-state index contributed by atoms with van der Waals surface area (Å²) >= 11 is 0. The molecule has 1 saturated heterocycles. The highest BCUT2D eigenvalue weighted by Crippen LogP contribution is 2.41. The average molecular weight is 441 g/mol. The van der Waals surface area contributed by atoms with E-state index in [1.165, 1.54) is 6.20 Å². The molecular formula is C24H28N2O4S. The Bertz CT molecular complexity index is 1210. The second-order valence-corrected chi connectivity index (χ2v) is 10.1. The minimum absolute atomic E-state index is 0.227. The highest BCUT2D eigenvalue weighted by Gasteiger charge is 2.29. The maximum atomic E-state index is 13.7. The molecule has 0 spiro atoms. The van der Waals surface area contributed by atoms with Gasteiger partial charge in [0.15, 0.2) is 11.5 Å². The number of benzene rings is 2. The van der Waals surface area contributed by atoms with Crippen molar-refractivity contribution in [3.05, 3.63) is 48.2 Å². The van der Waals surface area contributed by atoms with Gasteiger partial charge in [0.05, 0.1) is 30.3 Å². The Morgan fingerprint density at radius 3 is 2.39 bits per heavy atom. The third-order valence-electron chi connectivity index (χ3n) is 5.91. The number of aromatic nitrogens is 1. The summed E-state index contributed by atoms with van der Waals surface area (Å²) in [6.07, 6.45) is 3.64. The first kappa shape index (κ1) is 21.4. The van der Waals surface area contributed by atoms with E-state index in [1.54, 1.807) is 32.4 Å². The molecule has 1 atom stereocenters. The number of anilines is 1. The Labute approximate surface area is 183 Å². The number of fused-ring (bicyclic) bond motifs is 1. The zero-order valence-corrected chi connectivity index (χ0v) is 19.2. The van der Waals surface area contributed by atoms with Crippen molar-refractivity contribution in [3.63, 3.8) is 0 Å². The number of hydrogen-bond donors (Lipinski definition) is 0. The van der Waals surface area contributed by atoms with Crippen molar-refractivity contribution < 1.29 is 17.9 Å². The molecule has 1 fully saturated rings. The standard InChI is InChI=1S/C24H28N2O4S/c1-16-7-9-18(10-8-16)31(27,28)23-14-25-20-13-22(30-4)21(29-3)12-19(20)24(23)26-11-5-6-17(2)15-26/h7-10,12-14,17H,5-6,11,15H2,1-4H3/t17-/m1/s1. The van der Waals surface area contributed by atoms with Crippen molar-refractivity contribution in [1.29, 1.82) is 0 Å². The topological polar surface area (TPSA) is 68.7 Å². The van der Waals surface area contributed by atoms with Crippen LogP contribution in [0.4, 0.5) is 5.69 Å². The molecule has 1 aliphatic rings. The maximum absolute atomic E-state index is 13.7. The molecule has 7 heteroatoms. The summed E-state index contributed by atoms with van der Waals surface area (Å²) in [5, 5.41) is 0.750. The lowest BCUT2D eigenvalue weighted by Gasteiger charge is -2.34. The Morgan fingerprint density at radius 1 is 1.06 bits per heavy atom. The highest BCUT2D eigenvalue weighted by atomic mass is 32.2. The molecule has 31 heavy (non-hydrogen) atoms. The monoisotopic (exact) mass is 440 g/mol. The molecule has 0 amide bonds. The van der Waals surface area contributed by atoms with Gasteiger partial charge in [0.1, 0.15) is 4.90 Å². The number of pyridine rings is 1. The lowest BCUT2D eigenvalue weighted by atomic mass is 9.99. The summed E-state index contributed by atoms with van der Waals surface area (Å²) in [7, 11) is -0.604. The fourth-order valence-corrected chi connectivity index (χ4v) is 5.68. The number of ether oxygens (including phenoxy) is 2. The molecule has 2 aromatic carbocycles. The van der Waals surface area contributed by atoms with Gasteiger partial charge in [0.2, 0.25) is 9.84 Å². The molecule has 1 aromatic heterocycles. The second-order valence-electron chi connectivity index (χ2n) is 8.21. The van der Waals surface area contributed by atoms with Crippen LogP contribution in [0.1, 0.15) is 25.3 Å². The van der Waals surface area contributed by atoms with Gasteiger partial charge < -0.3 is 14.4 Å². The summed E-state index contributed by atoms with van der Waals surface area (Å²) in [5.74, 6) is 1.59. The van der Waals surface area contributed by atoms with Gasteiger partial charge in [-0.2, -0.15) is 0 Å². The van der Waals surface area contributed by atoms with Gasteiger partial charge in [0, 0.05) is 30.7 Å². The summed E-state index contributed by atoms with van der Waals surface area (Å²) in [4.78, 5) is 7.19. The number of nitrogens with zero attached hydrogens (tertiary/aromatic N) is 2. The fourth-order valence-electron chi connectivity index (χ4n) is 4.25. The third kappa shape index (κ3) is 3.94. The van der Waals surface area contributed by atoms with Gasteiger partial charge in [-0.25, -0.2) is 8.42 Å². The number of rotatable bonds is 5. The van der Waals surface area contributed by atoms with Crippen molar-refractivity contribution in [1.82, 2.24) is 4.98 Å². The zero-order chi connectivity index (χ0) is 22.2. The number of piperidine rings is 1. The Balaban J connectivity index is 2.00. The van der Waals surface area contributed by atoms with E-state index < -0.39 is 9.84 Å². The van der Waals surface area contributed by atoms with Crippen molar-refractivity contribution in [2.24, 2.45) is 5.92 Å². The summed E-state index contributed by atoms with van der Waals surface area (Å²) < 4.78 is 38.3. The largest absolute Gasteiger partial charge is 0.493 e. The molecule has 3 aromatic rings. The predicted octanol–water partition coefficient (Wildman–Crippen LogP) is 4.63. The minimum Gasteiger partial charge on any atom is -0.493 e. The first-order chi connectivity index (χ1) is 14.8. The molecule has 0 radical (unpaired) electrons. The van der Waals surface area contributed by atoms with Crippen LogP contribution in [0, 0.1) is 12.8 Å². The Kier molecular flexibility index (Phi) is 5.79. The van der Waals surface area contributed by atoms with Crippen LogP contribution in [0.15, 0.2) is 52.4 Å². The summed E-state index contributed by atoms with van der Waals surface area (Å²) in [6.45, 7) is 5.74. The van der Waals surface area contributed by atoms with E-state index in [4.69, 9.17) is 9.47 Å². The summed E-state index contributed by atoms with van der Waals surface area (Å²) in [6, 6.07) is 10.6. The van der Waals surface area contributed by atoms with Crippen LogP contribution < -0.4 is 14.4 Å². The molecule has 6 nitrogen and oxygen atoms in total. The molecule has 164 valence electrons. The minimum atomic E-state index is -3.76. The molecule has 0 bridgehead atoms. The van der Waals surface area contributed by atoms with E-state index in [1.807, 2.05) is 25.1 Å². The van der Waals surface area contributed by atoms with Crippen LogP contribution in [-0.4, -0.2) is 40.7 Å². The second kappa shape index (κ2) is 8.38. The van der Waals surface area contributed by atoms with Crippen molar-refractivity contribution in [3.8, 4) is 11.5 Å². The van der Waals surface area contributed by atoms with Gasteiger partial charge in [-0.15, -0.1) is 0 Å². The normalized spacial score (nSPS) is 17.0. The molecule has 4 rings (SSSR count). The van der Waals surface area contributed by atoms with Crippen LogP contribution in [0.5, 0.6) is 11.5 Å². The molecule has 0 aliphatic carbocycles. The van der Waals surface area contributed by atoms with Gasteiger partial charge >= 0.3 is 0 Å². The van der Waals surface area contributed by atoms with Gasteiger partial charge in [-0.3, -0.25) is 4.98 Å². The van der Waals surface area contributed by atoms with Crippen LogP contribution in [-0.2, 0) is 9.84 Å². The molecule has 1 aliphatic heterocycles. The SMILES string of the molecule is COc1cc2ncc(S(=O)(=O)c3ccc(C)cc3)c(N3CCC[C@@H](C)C3)c2cc1OC. The molecular weight excluding hydrogens is 412 g/mol. The maximum Gasteiger partial charge on any atom is 0.210 e. The van der Waals surface area contributed by atoms with Crippen LogP contribution >= 0.6 is 0 Å². The smallest absolute Gasteiger partial charge is 0.210 e. The zero-order valence-electron chi connectivity index (χ0n) is 18.4. The highest BCUT2D eigenvalue weighted by molar-refractivity contribution is 7.91. The van der Waals surface area contributed by atoms with E-state index in [-0.39, 0.29) is 9.79 Å². The van der Waals surface area contributed by atoms with E-state index >= 15 is 0 Å². The van der Waals surface area contributed by atoms with Crippen LogP contribution in [0.3, 0.4) is 0 Å². The Morgan fingerprint density at radius 2 is 1.74 bits per heavy atom. The van der Waals surface area contributed by atoms with Crippen LogP contribution in [0.2, 0.25) is 0 Å². The first-order valence-electron chi connectivity index (χ1n) is 10.5. The van der Waals surface area contributed by atoms with E-state index in [2.05, 4.69) is 16.8 Å². The van der Waals surface area contributed by atoms with E-state index in [0.29, 0.717) is 28.6 Å². The fraction of sp³-hybridized carbons (Fsp3) is 0.375. The lowest BCUT2D eigenvalue weighted by molar-refractivity contribution is 0.355. The average Bonchev–Trinajstić information content (AvgIpc) is 2.77. The number of sulfone groups is 1. The molecule has 2 heterocycles. The molecule has 0 N–H and O–H groups in total. The van der Waals surface area contributed by atoms with E-state index in [0.717, 1.165) is 36.9 Å². The predicted molar refractivity (Wildman–Crippen MR) is 122 cm³/mol. The van der Waals surface area contributed by atoms with Crippen LogP contribution in [0.25, 0.3) is 10.9 Å². The summed E-state index contributed by atoms with van der Waals surface area (Å²) in [5.41, 5.74) is 2.38. The van der Waals surface area contributed by atoms with Crippen molar-refractivity contribution in [2.45, 2.75) is 36.5 Å². The van der Waals surface area contributed by atoms with Gasteiger partial charge in [-0.1, -0.05) is 24.6 Å². The van der Waals surface area contributed by atoms with Gasteiger partial charge in [0.25, 0.3) is 0 Å². The van der Waals surface area contributed by atoms with Gasteiger partial charge in [-0.05, 0) is 43.9 Å². The van der Waals surface area contributed by atoms with Crippen molar-refractivity contribution >= 4 is 26.4 Å². The lowest BCUT2D eigenvalue weighted by Crippen LogP contribution is -2.35. The number of methoxy groups -OCH3 is 2. The third-order valence-corrected chi connectivity index (χ3v) is 7.68. The first-order valence-corrected chi connectivity index (χ1v) is 11.9. The molecule has 0 saturated carbocycles. The quantitative estimate of drug-likeness (QED) is 0.576.